The summed E-state index contributed by atoms with van der Waals surface area (Å²) in [7, 11) is 0. The summed E-state index contributed by atoms with van der Waals surface area (Å²) in [5.41, 5.74) is 5.40. The summed E-state index contributed by atoms with van der Waals surface area (Å²) < 4.78 is 0. The quantitative estimate of drug-likeness (QED) is 0.506. The second kappa shape index (κ2) is 4.30. The van der Waals surface area contributed by atoms with E-state index in [0.29, 0.717) is 12.8 Å². The van der Waals surface area contributed by atoms with Crippen molar-refractivity contribution in [2.45, 2.75) is 31.9 Å². The average Bonchev–Trinajstić information content (AvgIpc) is 1.82. The highest BCUT2D eigenvalue weighted by Crippen LogP contribution is 2.03. The Labute approximate surface area is 61.2 Å². The molecule has 2 atom stereocenters. The fourth-order valence-electron chi connectivity index (χ4n) is 0.587. The Balaban J connectivity index is 3.40. The van der Waals surface area contributed by atoms with Crippen molar-refractivity contribution in [3.8, 4) is 0 Å². The summed E-state index contributed by atoms with van der Waals surface area (Å²) in [6.45, 7) is 4.97. The lowest BCUT2D eigenvalue weighted by atomic mass is 10.1. The molecule has 0 bridgehead atoms. The molecule has 60 valence electrons. The predicted octanol–water partition coefficient (Wildman–Crippen LogP) is 0.546. The van der Waals surface area contributed by atoms with Gasteiger partial charge in [0.2, 0.25) is 0 Å². The predicted molar refractivity (Wildman–Crippen MR) is 40.7 cm³/mol. The van der Waals surface area contributed by atoms with Crippen molar-refractivity contribution < 1.29 is 10.2 Å². The van der Waals surface area contributed by atoms with Crippen LogP contribution in [-0.2, 0) is 0 Å². The molecule has 0 aromatic carbocycles. The molecule has 0 rings (SSSR count). The first-order valence-corrected chi connectivity index (χ1v) is 3.35. The number of hydrogen-bond donors (Lipinski definition) is 3. The van der Waals surface area contributed by atoms with Gasteiger partial charge in [-0.3, -0.25) is 0 Å². The van der Waals surface area contributed by atoms with Crippen molar-refractivity contribution in [3.05, 3.63) is 12.3 Å². The van der Waals surface area contributed by atoms with Crippen LogP contribution in [0.15, 0.2) is 12.3 Å². The molecule has 4 N–H and O–H groups in total. The molecule has 10 heavy (non-hydrogen) atoms. The average molecular weight is 145 g/mol. The van der Waals surface area contributed by atoms with E-state index >= 15 is 0 Å². The Morgan fingerprint density at radius 3 is 2.40 bits per heavy atom. The van der Waals surface area contributed by atoms with Gasteiger partial charge < -0.3 is 15.9 Å². The lowest BCUT2D eigenvalue weighted by Gasteiger charge is -2.10. The molecule has 0 saturated heterocycles. The van der Waals surface area contributed by atoms with Crippen LogP contribution in [0.2, 0.25) is 0 Å². The zero-order chi connectivity index (χ0) is 8.15. The molecule has 0 aliphatic heterocycles. The second-order valence-electron chi connectivity index (χ2n) is 2.52. The molecule has 0 radical (unpaired) electrons. The van der Waals surface area contributed by atoms with Crippen LogP contribution in [0.4, 0.5) is 0 Å². The summed E-state index contributed by atoms with van der Waals surface area (Å²) in [6, 6.07) is -0.394. The molecule has 3 nitrogen and oxygen atoms in total. The lowest BCUT2D eigenvalue weighted by molar-refractivity contribution is 0.177. The standard InChI is InChI=1S/C7H15NO2/c1-5(9)3-4-7(8)6(2)10/h5,7,9-10H,2-4,8H2,1H3. The van der Waals surface area contributed by atoms with E-state index in [1.807, 2.05) is 0 Å². The molecule has 0 aromatic heterocycles. The number of aliphatic hydroxyl groups is 2. The molecule has 2 unspecified atom stereocenters. The van der Waals surface area contributed by atoms with E-state index in [0.717, 1.165) is 0 Å². The first-order valence-electron chi connectivity index (χ1n) is 3.35. The SMILES string of the molecule is C=C(O)C(N)CCC(C)O. The zero-order valence-electron chi connectivity index (χ0n) is 6.25. The summed E-state index contributed by atoms with van der Waals surface area (Å²) in [4.78, 5) is 0. The maximum Gasteiger partial charge on any atom is 0.102 e. The third kappa shape index (κ3) is 4.35. The van der Waals surface area contributed by atoms with Gasteiger partial charge in [-0.2, -0.15) is 0 Å². The monoisotopic (exact) mass is 145 g/mol. The van der Waals surface area contributed by atoms with Crippen molar-refractivity contribution in [1.29, 1.82) is 0 Å². The lowest BCUT2D eigenvalue weighted by Crippen LogP contribution is -2.23. The fraction of sp³-hybridized carbons (Fsp3) is 0.714. The van der Waals surface area contributed by atoms with Gasteiger partial charge in [0.05, 0.1) is 12.1 Å². The minimum absolute atomic E-state index is 0.0133. The maximum atomic E-state index is 8.82. The van der Waals surface area contributed by atoms with Crippen LogP contribution in [0, 0.1) is 0 Å². The van der Waals surface area contributed by atoms with Crippen molar-refractivity contribution in [3.63, 3.8) is 0 Å². The Bertz CT molecular complexity index is 112. The summed E-state index contributed by atoms with van der Waals surface area (Å²) in [6.07, 6.45) is 0.818. The van der Waals surface area contributed by atoms with Crippen LogP contribution < -0.4 is 5.73 Å². The van der Waals surface area contributed by atoms with Gasteiger partial charge in [0.25, 0.3) is 0 Å². The van der Waals surface area contributed by atoms with Gasteiger partial charge in [-0.15, -0.1) is 0 Å². The normalized spacial score (nSPS) is 16.3. The van der Waals surface area contributed by atoms with E-state index < -0.39 is 6.04 Å². The van der Waals surface area contributed by atoms with Crippen LogP contribution in [0.25, 0.3) is 0 Å². The minimum Gasteiger partial charge on any atom is -0.511 e. The Hall–Kier alpha value is -0.540. The third-order valence-electron chi connectivity index (χ3n) is 1.32. The van der Waals surface area contributed by atoms with Crippen LogP contribution in [0.1, 0.15) is 19.8 Å². The van der Waals surface area contributed by atoms with E-state index in [1.54, 1.807) is 6.92 Å². The fourth-order valence-corrected chi connectivity index (χ4v) is 0.587. The molecule has 0 aromatic rings. The molecule has 0 spiro atoms. The highest BCUT2D eigenvalue weighted by molar-refractivity contribution is 4.91. The number of nitrogens with two attached hydrogens (primary N) is 1. The molecule has 0 aliphatic carbocycles. The topological polar surface area (TPSA) is 66.5 Å². The Kier molecular flexibility index (Phi) is 4.07. The van der Waals surface area contributed by atoms with Crippen molar-refractivity contribution in [2.24, 2.45) is 5.73 Å². The molecule has 0 heterocycles. The summed E-state index contributed by atoms with van der Waals surface area (Å²) >= 11 is 0. The number of aliphatic hydroxyl groups excluding tert-OH is 2. The van der Waals surface area contributed by atoms with Crippen LogP contribution >= 0.6 is 0 Å². The van der Waals surface area contributed by atoms with E-state index in [9.17, 15) is 0 Å². The van der Waals surface area contributed by atoms with Crippen LogP contribution in [0.3, 0.4) is 0 Å². The highest BCUT2D eigenvalue weighted by Gasteiger charge is 2.06. The maximum absolute atomic E-state index is 8.82. The van der Waals surface area contributed by atoms with E-state index in [2.05, 4.69) is 6.58 Å². The van der Waals surface area contributed by atoms with E-state index in [4.69, 9.17) is 15.9 Å². The Morgan fingerprint density at radius 2 is 2.10 bits per heavy atom. The molecule has 0 fully saturated rings. The molecule has 3 heteroatoms. The summed E-state index contributed by atoms with van der Waals surface area (Å²) in [5.74, 6) is -0.0133. The van der Waals surface area contributed by atoms with Gasteiger partial charge in [0, 0.05) is 0 Å². The number of rotatable bonds is 4. The van der Waals surface area contributed by atoms with Gasteiger partial charge in [-0.25, -0.2) is 0 Å². The molecule has 0 saturated carbocycles. The second-order valence-corrected chi connectivity index (χ2v) is 2.52. The van der Waals surface area contributed by atoms with E-state index in [-0.39, 0.29) is 11.9 Å². The first-order chi connectivity index (χ1) is 4.54. The largest absolute Gasteiger partial charge is 0.511 e. The zero-order valence-corrected chi connectivity index (χ0v) is 6.25. The summed E-state index contributed by atoms with van der Waals surface area (Å²) in [5, 5.41) is 17.5. The molecular formula is C7H15NO2. The smallest absolute Gasteiger partial charge is 0.102 e. The minimum atomic E-state index is -0.394. The first kappa shape index (κ1) is 9.46. The molecular weight excluding hydrogens is 130 g/mol. The van der Waals surface area contributed by atoms with Crippen LogP contribution in [-0.4, -0.2) is 22.4 Å². The van der Waals surface area contributed by atoms with Gasteiger partial charge in [0.15, 0.2) is 0 Å². The van der Waals surface area contributed by atoms with Crippen molar-refractivity contribution >= 4 is 0 Å². The highest BCUT2D eigenvalue weighted by atomic mass is 16.3. The molecule has 0 amide bonds. The van der Waals surface area contributed by atoms with Crippen molar-refractivity contribution in [1.82, 2.24) is 0 Å². The van der Waals surface area contributed by atoms with Gasteiger partial charge in [0.1, 0.15) is 5.76 Å². The Morgan fingerprint density at radius 1 is 1.60 bits per heavy atom. The van der Waals surface area contributed by atoms with Crippen molar-refractivity contribution in [2.75, 3.05) is 0 Å². The van der Waals surface area contributed by atoms with Gasteiger partial charge in [-0.05, 0) is 19.8 Å². The molecule has 0 aliphatic rings. The van der Waals surface area contributed by atoms with Gasteiger partial charge in [-0.1, -0.05) is 6.58 Å². The third-order valence-corrected chi connectivity index (χ3v) is 1.32. The number of hydrogen-bond acceptors (Lipinski definition) is 3. The van der Waals surface area contributed by atoms with E-state index in [1.165, 1.54) is 0 Å². The van der Waals surface area contributed by atoms with Crippen LogP contribution in [0.5, 0.6) is 0 Å². The van der Waals surface area contributed by atoms with Gasteiger partial charge >= 0.3 is 0 Å².